The van der Waals surface area contributed by atoms with Gasteiger partial charge >= 0.3 is 0 Å². The maximum Gasteiger partial charge on any atom is 0.128 e. The monoisotopic (exact) mass is 267 g/mol. The Bertz CT molecular complexity index is 379. The lowest BCUT2D eigenvalue weighted by Gasteiger charge is -2.19. The maximum atomic E-state index is 6.13. The number of unbranched alkanes of at least 4 members (excludes halogenated alkanes) is 1. The van der Waals surface area contributed by atoms with Crippen LogP contribution in [0.25, 0.3) is 0 Å². The van der Waals surface area contributed by atoms with Crippen LogP contribution >= 0.6 is 11.6 Å². The van der Waals surface area contributed by atoms with Crippen LogP contribution in [-0.2, 0) is 6.54 Å². The number of pyridine rings is 1. The second kappa shape index (κ2) is 8.11. The lowest BCUT2D eigenvalue weighted by molar-refractivity contribution is 0.707. The third-order valence-electron chi connectivity index (χ3n) is 2.74. The van der Waals surface area contributed by atoms with E-state index in [9.17, 15) is 0 Å². The molecule has 4 heteroatoms. The molecule has 1 heterocycles. The van der Waals surface area contributed by atoms with Gasteiger partial charge in [-0.05, 0) is 31.5 Å². The summed E-state index contributed by atoms with van der Waals surface area (Å²) in [7, 11) is 2.05. The van der Waals surface area contributed by atoms with Crippen molar-refractivity contribution >= 4 is 17.4 Å². The predicted octanol–water partition coefficient (Wildman–Crippen LogP) is 3.25. The van der Waals surface area contributed by atoms with Crippen LogP contribution in [0, 0.1) is 0 Å². The minimum Gasteiger partial charge on any atom is -0.360 e. The molecule has 0 aliphatic rings. The van der Waals surface area contributed by atoms with Crippen LogP contribution in [0.4, 0.5) is 5.82 Å². The fourth-order valence-corrected chi connectivity index (χ4v) is 1.81. The topological polar surface area (TPSA) is 28.2 Å². The van der Waals surface area contributed by atoms with E-state index in [0.717, 1.165) is 42.5 Å². The van der Waals surface area contributed by atoms with E-state index >= 15 is 0 Å². The molecule has 0 aliphatic carbocycles. The number of hydrogen-bond donors (Lipinski definition) is 1. The number of halogens is 1. The molecular weight excluding hydrogens is 246 g/mol. The molecule has 0 saturated heterocycles. The minimum atomic E-state index is 0.712. The highest BCUT2D eigenvalue weighted by Crippen LogP contribution is 2.18. The lowest BCUT2D eigenvalue weighted by Crippen LogP contribution is -2.21. The quantitative estimate of drug-likeness (QED) is 0.579. The van der Waals surface area contributed by atoms with E-state index in [-0.39, 0.29) is 0 Å². The van der Waals surface area contributed by atoms with Gasteiger partial charge in [0, 0.05) is 20.1 Å². The van der Waals surface area contributed by atoms with Crippen LogP contribution in [0.5, 0.6) is 0 Å². The smallest absolute Gasteiger partial charge is 0.128 e. The summed E-state index contributed by atoms with van der Waals surface area (Å²) >= 11 is 6.13. The zero-order valence-electron chi connectivity index (χ0n) is 11.2. The molecule has 18 heavy (non-hydrogen) atoms. The van der Waals surface area contributed by atoms with Crippen molar-refractivity contribution in [2.24, 2.45) is 0 Å². The first-order valence-corrected chi connectivity index (χ1v) is 6.75. The summed E-state index contributed by atoms with van der Waals surface area (Å²) in [5.74, 6) is 0.969. The molecule has 0 radical (unpaired) electrons. The fourth-order valence-electron chi connectivity index (χ4n) is 1.64. The van der Waals surface area contributed by atoms with Crippen molar-refractivity contribution in [1.82, 2.24) is 10.3 Å². The second-order valence-electron chi connectivity index (χ2n) is 4.23. The van der Waals surface area contributed by atoms with Gasteiger partial charge < -0.3 is 10.2 Å². The molecule has 1 aromatic rings. The molecule has 0 amide bonds. The standard InChI is InChI=1S/C14H22ClN3/c1-4-6-7-10-18(3)14-9-8-12(15)13(17-14)11-16-5-2/h4,8-9,16H,1,5-7,10-11H2,2-3H3. The van der Waals surface area contributed by atoms with E-state index in [1.54, 1.807) is 0 Å². The SMILES string of the molecule is C=CCCCN(C)c1ccc(Cl)c(CNCC)n1. The maximum absolute atomic E-state index is 6.13. The van der Waals surface area contributed by atoms with Gasteiger partial charge in [0.2, 0.25) is 0 Å². The molecule has 0 fully saturated rings. The molecule has 1 N–H and O–H groups in total. The van der Waals surface area contributed by atoms with Crippen LogP contribution in [-0.4, -0.2) is 25.1 Å². The molecule has 0 spiro atoms. The van der Waals surface area contributed by atoms with Crippen molar-refractivity contribution in [3.8, 4) is 0 Å². The van der Waals surface area contributed by atoms with E-state index in [1.165, 1.54) is 0 Å². The first-order valence-electron chi connectivity index (χ1n) is 6.37. The molecule has 0 aromatic carbocycles. The second-order valence-corrected chi connectivity index (χ2v) is 4.64. The first-order chi connectivity index (χ1) is 8.69. The third kappa shape index (κ3) is 4.67. The van der Waals surface area contributed by atoms with Crippen molar-refractivity contribution in [2.75, 3.05) is 25.0 Å². The summed E-state index contributed by atoms with van der Waals surface area (Å²) in [5.41, 5.74) is 0.909. The van der Waals surface area contributed by atoms with Crippen molar-refractivity contribution < 1.29 is 0 Å². The number of anilines is 1. The number of aromatic nitrogens is 1. The summed E-state index contributed by atoms with van der Waals surface area (Å²) in [6, 6.07) is 3.88. The molecule has 1 rings (SSSR count). The number of rotatable bonds is 8. The Labute approximate surface area is 115 Å². The highest BCUT2D eigenvalue weighted by Gasteiger charge is 2.06. The first kappa shape index (κ1) is 15.0. The van der Waals surface area contributed by atoms with Gasteiger partial charge in [0.25, 0.3) is 0 Å². The molecule has 0 bridgehead atoms. The Morgan fingerprint density at radius 1 is 1.50 bits per heavy atom. The van der Waals surface area contributed by atoms with E-state index in [1.807, 2.05) is 18.2 Å². The van der Waals surface area contributed by atoms with Crippen molar-refractivity contribution in [3.63, 3.8) is 0 Å². The van der Waals surface area contributed by atoms with Gasteiger partial charge in [-0.3, -0.25) is 0 Å². The molecule has 0 atom stereocenters. The minimum absolute atomic E-state index is 0.712. The number of nitrogens with zero attached hydrogens (tertiary/aromatic N) is 2. The van der Waals surface area contributed by atoms with Gasteiger partial charge in [0.15, 0.2) is 0 Å². The zero-order valence-corrected chi connectivity index (χ0v) is 12.0. The van der Waals surface area contributed by atoms with Gasteiger partial charge in [0.1, 0.15) is 5.82 Å². The Morgan fingerprint density at radius 3 is 2.94 bits per heavy atom. The Morgan fingerprint density at radius 2 is 2.28 bits per heavy atom. The van der Waals surface area contributed by atoms with Crippen LogP contribution in [0.2, 0.25) is 5.02 Å². The number of hydrogen-bond acceptors (Lipinski definition) is 3. The molecular formula is C14H22ClN3. The van der Waals surface area contributed by atoms with Crippen molar-refractivity contribution in [2.45, 2.75) is 26.3 Å². The van der Waals surface area contributed by atoms with Gasteiger partial charge in [-0.2, -0.15) is 0 Å². The Kier molecular flexibility index (Phi) is 6.76. The zero-order chi connectivity index (χ0) is 13.4. The average molecular weight is 268 g/mol. The van der Waals surface area contributed by atoms with E-state index in [4.69, 9.17) is 11.6 Å². The van der Waals surface area contributed by atoms with Gasteiger partial charge in [-0.15, -0.1) is 6.58 Å². The average Bonchev–Trinajstić information content (AvgIpc) is 2.38. The van der Waals surface area contributed by atoms with E-state index in [0.29, 0.717) is 6.54 Å². The summed E-state index contributed by atoms with van der Waals surface area (Å²) in [5, 5.41) is 3.97. The number of allylic oxidation sites excluding steroid dienone is 1. The highest BCUT2D eigenvalue weighted by atomic mass is 35.5. The van der Waals surface area contributed by atoms with Gasteiger partial charge in [0.05, 0.1) is 10.7 Å². The summed E-state index contributed by atoms with van der Waals surface area (Å²) in [6.45, 7) is 8.40. The highest BCUT2D eigenvalue weighted by molar-refractivity contribution is 6.31. The van der Waals surface area contributed by atoms with Crippen LogP contribution < -0.4 is 10.2 Å². The summed E-state index contributed by atoms with van der Waals surface area (Å²) < 4.78 is 0. The predicted molar refractivity (Wildman–Crippen MR) is 79.3 cm³/mol. The molecule has 100 valence electrons. The van der Waals surface area contributed by atoms with Gasteiger partial charge in [-0.1, -0.05) is 24.6 Å². The molecule has 0 saturated carbocycles. The third-order valence-corrected chi connectivity index (χ3v) is 3.08. The fraction of sp³-hybridized carbons (Fsp3) is 0.500. The molecule has 0 aliphatic heterocycles. The van der Waals surface area contributed by atoms with Crippen LogP contribution in [0.1, 0.15) is 25.5 Å². The van der Waals surface area contributed by atoms with Crippen molar-refractivity contribution in [1.29, 1.82) is 0 Å². The van der Waals surface area contributed by atoms with Crippen LogP contribution in [0.3, 0.4) is 0 Å². The Hall–Kier alpha value is -1.06. The normalized spacial score (nSPS) is 10.4. The summed E-state index contributed by atoms with van der Waals surface area (Å²) in [4.78, 5) is 6.74. The number of nitrogens with one attached hydrogen (secondary N) is 1. The molecule has 0 unspecified atom stereocenters. The molecule has 1 aromatic heterocycles. The van der Waals surface area contributed by atoms with E-state index < -0.39 is 0 Å². The molecule has 3 nitrogen and oxygen atoms in total. The van der Waals surface area contributed by atoms with Crippen LogP contribution in [0.15, 0.2) is 24.8 Å². The van der Waals surface area contributed by atoms with Gasteiger partial charge in [-0.25, -0.2) is 4.98 Å². The largest absolute Gasteiger partial charge is 0.360 e. The summed E-state index contributed by atoms with van der Waals surface area (Å²) in [6.07, 6.45) is 4.06. The lowest BCUT2D eigenvalue weighted by atomic mass is 10.3. The Balaban J connectivity index is 2.67. The van der Waals surface area contributed by atoms with E-state index in [2.05, 4.69) is 35.8 Å². The van der Waals surface area contributed by atoms with Crippen molar-refractivity contribution in [3.05, 3.63) is 35.5 Å².